The normalized spacial score (nSPS) is 13.7. The summed E-state index contributed by atoms with van der Waals surface area (Å²) in [5.74, 6) is 0.923. The van der Waals surface area contributed by atoms with Gasteiger partial charge in [-0.15, -0.1) is 10.2 Å². The lowest BCUT2D eigenvalue weighted by atomic mass is 10.2. The monoisotopic (exact) mass is 464 g/mol. The van der Waals surface area contributed by atoms with Gasteiger partial charge < -0.3 is 0 Å². The number of alkyl halides is 3. The van der Waals surface area contributed by atoms with Crippen LogP contribution in [0.5, 0.6) is 0 Å². The predicted molar refractivity (Wildman–Crippen MR) is 106 cm³/mol. The highest BCUT2D eigenvalue weighted by Gasteiger charge is 2.33. The summed E-state index contributed by atoms with van der Waals surface area (Å²) in [6.45, 7) is 0. The van der Waals surface area contributed by atoms with Crippen LogP contribution < -0.4 is 4.72 Å². The van der Waals surface area contributed by atoms with Crippen LogP contribution in [0.4, 0.5) is 13.2 Å². The maximum absolute atomic E-state index is 13.0. The number of aromatic nitrogens is 3. The van der Waals surface area contributed by atoms with E-state index in [1.807, 2.05) is 6.26 Å². The Hall–Kier alpha value is -1.82. The van der Waals surface area contributed by atoms with Crippen molar-refractivity contribution in [1.82, 2.24) is 19.3 Å². The van der Waals surface area contributed by atoms with Crippen molar-refractivity contribution >= 4 is 39.0 Å². The van der Waals surface area contributed by atoms with E-state index in [1.165, 1.54) is 11.8 Å². The first-order chi connectivity index (χ1) is 13.6. The number of nitrogens with zero attached hydrogens (tertiary/aromatic N) is 3. The minimum Gasteiger partial charge on any atom is -0.285 e. The number of hydrogen-bond donors (Lipinski definition) is 1. The van der Waals surface area contributed by atoms with Crippen LogP contribution in [0.2, 0.25) is 5.02 Å². The van der Waals surface area contributed by atoms with Gasteiger partial charge in [0.1, 0.15) is 4.90 Å². The van der Waals surface area contributed by atoms with Gasteiger partial charge in [0.05, 0.1) is 16.6 Å². The lowest BCUT2D eigenvalue weighted by Crippen LogP contribution is -2.31. The van der Waals surface area contributed by atoms with Crippen molar-refractivity contribution in [3.63, 3.8) is 0 Å². The van der Waals surface area contributed by atoms with E-state index in [0.717, 1.165) is 12.1 Å². The summed E-state index contributed by atoms with van der Waals surface area (Å²) in [7, 11) is -4.37. The second kappa shape index (κ2) is 8.50. The molecule has 0 unspecified atom stereocenters. The summed E-state index contributed by atoms with van der Waals surface area (Å²) in [4.78, 5) is -0.642. The molecule has 2 aromatic heterocycles. The molecule has 0 saturated carbocycles. The molecule has 1 aromatic carbocycles. The van der Waals surface area contributed by atoms with Crippen LogP contribution in [-0.4, -0.2) is 35.0 Å². The van der Waals surface area contributed by atoms with Crippen molar-refractivity contribution in [2.24, 2.45) is 0 Å². The lowest BCUT2D eigenvalue weighted by Gasteiger charge is -2.18. The van der Waals surface area contributed by atoms with E-state index in [1.54, 1.807) is 28.8 Å². The average Bonchev–Trinajstić information content (AvgIpc) is 3.08. The smallest absolute Gasteiger partial charge is 0.285 e. The highest BCUT2D eigenvalue weighted by Crippen LogP contribution is 2.34. The molecule has 0 spiro atoms. The Morgan fingerprint density at radius 2 is 2.00 bits per heavy atom. The number of benzene rings is 1. The van der Waals surface area contributed by atoms with Crippen LogP contribution in [0, 0.1) is 0 Å². The summed E-state index contributed by atoms with van der Waals surface area (Å²) in [6, 6.07) is 6.58. The molecule has 2 heterocycles. The van der Waals surface area contributed by atoms with Gasteiger partial charge in [0, 0.05) is 6.20 Å². The third-order valence-electron chi connectivity index (χ3n) is 4.11. The molecule has 0 aliphatic rings. The zero-order valence-electron chi connectivity index (χ0n) is 15.0. The standard InChI is InChI=1S/C17H16ClF3N4O2S2/c1-28-9-7-13(16-23-22-15-4-2-3-8-25(15)16)24-29(26,27)14-10-11(17(19,20)21)5-6-12(14)18/h2-6,8,10,13,24H,7,9H2,1H3/t13-/m0/s1. The van der Waals surface area contributed by atoms with Gasteiger partial charge in [0.25, 0.3) is 0 Å². The first-order valence-corrected chi connectivity index (χ1v) is 11.6. The van der Waals surface area contributed by atoms with Crippen LogP contribution in [0.25, 0.3) is 5.65 Å². The summed E-state index contributed by atoms with van der Waals surface area (Å²) in [6.07, 6.45) is -0.803. The van der Waals surface area contributed by atoms with E-state index in [0.29, 0.717) is 29.7 Å². The van der Waals surface area contributed by atoms with E-state index in [2.05, 4.69) is 14.9 Å². The van der Waals surface area contributed by atoms with Gasteiger partial charge in [-0.25, -0.2) is 13.1 Å². The van der Waals surface area contributed by atoms with Gasteiger partial charge in [-0.05, 0) is 48.8 Å². The van der Waals surface area contributed by atoms with Crippen LogP contribution in [0.1, 0.15) is 23.9 Å². The number of halogens is 4. The van der Waals surface area contributed by atoms with Crippen LogP contribution in [0.15, 0.2) is 47.5 Å². The molecule has 0 amide bonds. The van der Waals surface area contributed by atoms with Crippen molar-refractivity contribution in [3.8, 4) is 0 Å². The van der Waals surface area contributed by atoms with Crippen LogP contribution in [-0.2, 0) is 16.2 Å². The molecule has 1 atom stereocenters. The highest BCUT2D eigenvalue weighted by atomic mass is 35.5. The zero-order valence-corrected chi connectivity index (χ0v) is 17.4. The van der Waals surface area contributed by atoms with Crippen LogP contribution in [0.3, 0.4) is 0 Å². The molecule has 12 heteroatoms. The fourth-order valence-corrected chi connectivity index (χ4v) is 4.94. The molecule has 6 nitrogen and oxygen atoms in total. The molecule has 0 radical (unpaired) electrons. The first-order valence-electron chi connectivity index (χ1n) is 8.31. The topological polar surface area (TPSA) is 76.4 Å². The molecule has 0 saturated heterocycles. The SMILES string of the molecule is CSCC[C@H](NS(=O)(=O)c1cc(C(F)(F)F)ccc1Cl)c1nnc2ccccn12. The number of rotatable bonds is 7. The quantitative estimate of drug-likeness (QED) is 0.567. The highest BCUT2D eigenvalue weighted by molar-refractivity contribution is 7.98. The molecule has 0 aliphatic carbocycles. The average molecular weight is 465 g/mol. The molecule has 3 rings (SSSR count). The Morgan fingerprint density at radius 1 is 1.24 bits per heavy atom. The second-order valence-corrected chi connectivity index (χ2v) is 9.16. The molecule has 0 fully saturated rings. The van der Waals surface area contributed by atoms with Crippen LogP contribution >= 0.6 is 23.4 Å². The molecular formula is C17H16ClF3N4O2S2. The Balaban J connectivity index is 2.01. The first kappa shape index (κ1) is 21.9. The van der Waals surface area contributed by atoms with Crippen molar-refractivity contribution in [3.05, 3.63) is 59.0 Å². The van der Waals surface area contributed by atoms with Gasteiger partial charge in [-0.1, -0.05) is 17.7 Å². The number of hydrogen-bond acceptors (Lipinski definition) is 5. The minimum absolute atomic E-state index is 0.305. The maximum atomic E-state index is 13.0. The fraction of sp³-hybridized carbons (Fsp3) is 0.294. The summed E-state index contributed by atoms with van der Waals surface area (Å²) in [5.41, 5.74) is -0.580. The van der Waals surface area contributed by atoms with E-state index in [-0.39, 0.29) is 5.02 Å². The zero-order chi connectivity index (χ0) is 21.2. The third kappa shape index (κ3) is 4.85. The second-order valence-electron chi connectivity index (χ2n) is 6.09. The Morgan fingerprint density at radius 3 is 2.69 bits per heavy atom. The molecule has 1 N–H and O–H groups in total. The Bertz CT molecular complexity index is 1120. The summed E-state index contributed by atoms with van der Waals surface area (Å²) >= 11 is 7.41. The van der Waals surface area contributed by atoms with Crippen molar-refractivity contribution in [1.29, 1.82) is 0 Å². The minimum atomic E-state index is -4.70. The Labute approximate surface area is 174 Å². The Kier molecular flexibility index (Phi) is 6.42. The molecule has 29 heavy (non-hydrogen) atoms. The number of thioether (sulfide) groups is 1. The summed E-state index contributed by atoms with van der Waals surface area (Å²) < 4.78 is 69.0. The van der Waals surface area contributed by atoms with E-state index in [9.17, 15) is 21.6 Å². The maximum Gasteiger partial charge on any atom is 0.416 e. The van der Waals surface area contributed by atoms with Gasteiger partial charge in [-0.3, -0.25) is 4.40 Å². The largest absolute Gasteiger partial charge is 0.416 e. The van der Waals surface area contributed by atoms with Crippen molar-refractivity contribution in [2.75, 3.05) is 12.0 Å². The number of nitrogens with one attached hydrogen (secondary N) is 1. The van der Waals surface area contributed by atoms with Crippen molar-refractivity contribution in [2.45, 2.75) is 23.5 Å². The number of sulfonamides is 1. The predicted octanol–water partition coefficient (Wildman–Crippen LogP) is 4.17. The van der Waals surface area contributed by atoms with Gasteiger partial charge >= 0.3 is 6.18 Å². The summed E-state index contributed by atoms with van der Waals surface area (Å²) in [5, 5.41) is 7.77. The molecule has 3 aromatic rings. The molecule has 0 bridgehead atoms. The fourth-order valence-electron chi connectivity index (χ4n) is 2.71. The van der Waals surface area contributed by atoms with E-state index >= 15 is 0 Å². The molecule has 0 aliphatic heterocycles. The number of fused-ring (bicyclic) bond motifs is 1. The number of pyridine rings is 1. The van der Waals surface area contributed by atoms with Gasteiger partial charge in [-0.2, -0.15) is 24.9 Å². The lowest BCUT2D eigenvalue weighted by molar-refractivity contribution is -0.137. The van der Waals surface area contributed by atoms with E-state index < -0.39 is 32.7 Å². The van der Waals surface area contributed by atoms with Crippen molar-refractivity contribution < 1.29 is 21.6 Å². The third-order valence-corrected chi connectivity index (χ3v) is 6.71. The van der Waals surface area contributed by atoms with Gasteiger partial charge in [0.2, 0.25) is 10.0 Å². The van der Waals surface area contributed by atoms with Gasteiger partial charge in [0.15, 0.2) is 11.5 Å². The van der Waals surface area contributed by atoms with E-state index in [4.69, 9.17) is 11.6 Å². The molecule has 156 valence electrons. The molecular weight excluding hydrogens is 449 g/mol.